The van der Waals surface area contributed by atoms with Crippen LogP contribution in [0, 0.1) is 5.82 Å². The number of hydrogen-bond donors (Lipinski definition) is 1. The van der Waals surface area contributed by atoms with E-state index in [1.54, 1.807) is 24.5 Å². The molecule has 0 unspecified atom stereocenters. The van der Waals surface area contributed by atoms with Gasteiger partial charge in [-0.15, -0.1) is 10.2 Å². The molecule has 202 valence electrons. The molecule has 1 N–H and O–H groups in total. The fourth-order valence-electron chi connectivity index (χ4n) is 4.20. The number of halogens is 1. The number of carbonyl (C=O) groups excluding carboxylic acids is 1. The molecule has 1 aliphatic rings. The maximum absolute atomic E-state index is 14.6. The molecule has 0 aliphatic carbocycles. The standard InChI is InChI=1S/C27H29FN8O3/c1-18(2)36-17-31-34-25(36)23-6-5-7-24(32-23)33-26(37)21-14-19(8-9-22(21)28)39-20-15-29-27(30-16-20)38-13-12-35-10-3-4-11-35/h5-9,14-18H,3-4,10-13H2,1-2H3,(H,32,33,37). The van der Waals surface area contributed by atoms with Gasteiger partial charge in [-0.3, -0.25) is 9.69 Å². The number of pyridine rings is 1. The van der Waals surface area contributed by atoms with Crippen molar-refractivity contribution in [1.82, 2.24) is 34.6 Å². The van der Waals surface area contributed by atoms with Gasteiger partial charge in [0.25, 0.3) is 5.91 Å². The van der Waals surface area contributed by atoms with Crippen molar-refractivity contribution in [3.05, 3.63) is 66.5 Å². The van der Waals surface area contributed by atoms with Crippen LogP contribution in [0.1, 0.15) is 43.1 Å². The van der Waals surface area contributed by atoms with Crippen molar-refractivity contribution in [1.29, 1.82) is 0 Å². The van der Waals surface area contributed by atoms with Crippen molar-refractivity contribution in [3.8, 4) is 29.0 Å². The average molecular weight is 533 g/mol. The molecule has 5 rings (SSSR count). The Kier molecular flexibility index (Phi) is 8.02. The van der Waals surface area contributed by atoms with E-state index >= 15 is 0 Å². The van der Waals surface area contributed by atoms with E-state index in [1.807, 2.05) is 18.4 Å². The number of ether oxygens (including phenoxy) is 2. The molecule has 0 spiro atoms. The number of anilines is 1. The Bertz CT molecular complexity index is 1420. The maximum Gasteiger partial charge on any atom is 0.316 e. The number of carbonyl (C=O) groups is 1. The normalized spacial score (nSPS) is 13.5. The van der Waals surface area contributed by atoms with E-state index in [4.69, 9.17) is 9.47 Å². The molecule has 1 saturated heterocycles. The summed E-state index contributed by atoms with van der Waals surface area (Å²) in [5.41, 5.74) is 0.327. The number of rotatable bonds is 10. The van der Waals surface area contributed by atoms with Gasteiger partial charge >= 0.3 is 6.01 Å². The third-order valence-corrected chi connectivity index (χ3v) is 6.21. The van der Waals surface area contributed by atoms with Crippen LogP contribution in [-0.2, 0) is 0 Å². The molecule has 4 aromatic rings. The second kappa shape index (κ2) is 11.9. The van der Waals surface area contributed by atoms with Gasteiger partial charge in [0.15, 0.2) is 11.6 Å². The first-order valence-corrected chi connectivity index (χ1v) is 12.8. The Labute approximate surface area is 225 Å². The van der Waals surface area contributed by atoms with E-state index in [-0.39, 0.29) is 29.2 Å². The topological polar surface area (TPSA) is 120 Å². The van der Waals surface area contributed by atoms with Crippen molar-refractivity contribution in [2.24, 2.45) is 0 Å². The number of amides is 1. The zero-order valence-corrected chi connectivity index (χ0v) is 21.7. The molecule has 1 aliphatic heterocycles. The smallest absolute Gasteiger partial charge is 0.316 e. The van der Waals surface area contributed by atoms with E-state index in [0.717, 1.165) is 25.7 Å². The summed E-state index contributed by atoms with van der Waals surface area (Å²) in [6.45, 7) is 7.54. The Morgan fingerprint density at radius 2 is 1.90 bits per heavy atom. The van der Waals surface area contributed by atoms with Gasteiger partial charge in [0.05, 0.1) is 18.0 Å². The molecule has 0 saturated carbocycles. The van der Waals surface area contributed by atoms with Crippen LogP contribution in [0.3, 0.4) is 0 Å². The Hall–Kier alpha value is -4.45. The molecule has 4 heterocycles. The second-order valence-corrected chi connectivity index (χ2v) is 9.36. The number of aromatic nitrogens is 6. The SMILES string of the molecule is CC(C)n1cnnc1-c1cccc(NC(=O)c2cc(Oc3cnc(OCCN4CCCC4)nc3)ccc2F)n1. The highest BCUT2D eigenvalue weighted by atomic mass is 19.1. The van der Waals surface area contributed by atoms with E-state index in [2.05, 4.69) is 35.4 Å². The summed E-state index contributed by atoms with van der Waals surface area (Å²) in [5.74, 6) is 0.00530. The highest BCUT2D eigenvalue weighted by Crippen LogP contribution is 2.25. The minimum atomic E-state index is -0.700. The predicted octanol–water partition coefficient (Wildman–Crippen LogP) is 4.37. The lowest BCUT2D eigenvalue weighted by Gasteiger charge is -2.14. The van der Waals surface area contributed by atoms with Crippen LogP contribution >= 0.6 is 0 Å². The molecular formula is C27H29FN8O3. The Morgan fingerprint density at radius 1 is 1.10 bits per heavy atom. The summed E-state index contributed by atoms with van der Waals surface area (Å²) in [6, 6.07) is 9.38. The zero-order chi connectivity index (χ0) is 27.2. The molecule has 1 aromatic carbocycles. The van der Waals surface area contributed by atoms with Gasteiger partial charge in [-0.1, -0.05) is 6.07 Å². The van der Waals surface area contributed by atoms with Crippen LogP contribution in [0.25, 0.3) is 11.5 Å². The monoisotopic (exact) mass is 532 g/mol. The molecule has 11 nitrogen and oxygen atoms in total. The van der Waals surface area contributed by atoms with E-state index < -0.39 is 11.7 Å². The second-order valence-electron chi connectivity index (χ2n) is 9.36. The summed E-state index contributed by atoms with van der Waals surface area (Å²) in [4.78, 5) is 28.1. The van der Waals surface area contributed by atoms with Gasteiger partial charge in [-0.25, -0.2) is 9.37 Å². The van der Waals surface area contributed by atoms with Crippen LogP contribution in [0.5, 0.6) is 17.5 Å². The summed E-state index contributed by atoms with van der Waals surface area (Å²) in [6.07, 6.45) is 7.00. The highest BCUT2D eigenvalue weighted by molar-refractivity contribution is 6.04. The first-order valence-electron chi connectivity index (χ1n) is 12.8. The van der Waals surface area contributed by atoms with Gasteiger partial charge < -0.3 is 19.4 Å². The minimum absolute atomic E-state index is 0.126. The van der Waals surface area contributed by atoms with E-state index in [1.165, 1.54) is 37.4 Å². The fraction of sp³-hybridized carbons (Fsp3) is 0.333. The lowest BCUT2D eigenvalue weighted by molar-refractivity contribution is 0.102. The van der Waals surface area contributed by atoms with E-state index in [9.17, 15) is 9.18 Å². The molecule has 39 heavy (non-hydrogen) atoms. The van der Waals surface area contributed by atoms with E-state index in [0.29, 0.717) is 23.9 Å². The summed E-state index contributed by atoms with van der Waals surface area (Å²) in [5, 5.41) is 10.7. The molecular weight excluding hydrogens is 503 g/mol. The van der Waals surface area contributed by atoms with Gasteiger partial charge in [0.2, 0.25) is 0 Å². The van der Waals surface area contributed by atoms with Crippen molar-refractivity contribution in [2.75, 3.05) is 31.6 Å². The van der Waals surface area contributed by atoms with Crippen LogP contribution in [0.2, 0.25) is 0 Å². The van der Waals surface area contributed by atoms with Gasteiger partial charge in [0, 0.05) is 12.6 Å². The average Bonchev–Trinajstić information content (AvgIpc) is 3.64. The number of nitrogens with zero attached hydrogens (tertiary/aromatic N) is 7. The maximum atomic E-state index is 14.6. The first-order chi connectivity index (χ1) is 19.0. The summed E-state index contributed by atoms with van der Waals surface area (Å²) in [7, 11) is 0. The van der Waals surface area contributed by atoms with Crippen LogP contribution in [0.4, 0.5) is 10.2 Å². The Morgan fingerprint density at radius 3 is 2.67 bits per heavy atom. The molecule has 0 atom stereocenters. The summed E-state index contributed by atoms with van der Waals surface area (Å²) >= 11 is 0. The minimum Gasteiger partial charge on any atom is -0.462 e. The number of likely N-dealkylation sites (tertiary alicyclic amines) is 1. The lowest BCUT2D eigenvalue weighted by Crippen LogP contribution is -2.25. The fourth-order valence-corrected chi connectivity index (χ4v) is 4.20. The molecule has 0 bridgehead atoms. The number of hydrogen-bond acceptors (Lipinski definition) is 9. The molecule has 3 aromatic heterocycles. The molecule has 1 fully saturated rings. The van der Waals surface area contributed by atoms with Crippen LogP contribution < -0.4 is 14.8 Å². The van der Waals surface area contributed by atoms with Crippen molar-refractivity contribution in [3.63, 3.8) is 0 Å². The largest absolute Gasteiger partial charge is 0.462 e. The first kappa shape index (κ1) is 26.2. The van der Waals surface area contributed by atoms with Gasteiger partial charge in [0.1, 0.15) is 36.0 Å². The number of nitrogens with one attached hydrogen (secondary N) is 1. The highest BCUT2D eigenvalue weighted by Gasteiger charge is 2.17. The quantitative estimate of drug-likeness (QED) is 0.317. The molecule has 12 heteroatoms. The van der Waals surface area contributed by atoms with Crippen LogP contribution in [0.15, 0.2) is 55.1 Å². The van der Waals surface area contributed by atoms with Gasteiger partial charge in [-0.2, -0.15) is 9.97 Å². The molecule has 0 radical (unpaired) electrons. The number of benzene rings is 1. The van der Waals surface area contributed by atoms with Gasteiger partial charge in [-0.05, 0) is 70.1 Å². The third kappa shape index (κ3) is 6.52. The van der Waals surface area contributed by atoms with Crippen molar-refractivity contribution >= 4 is 11.7 Å². The zero-order valence-electron chi connectivity index (χ0n) is 21.7. The van der Waals surface area contributed by atoms with Crippen molar-refractivity contribution < 1.29 is 18.7 Å². The molecule has 1 amide bonds. The third-order valence-electron chi connectivity index (χ3n) is 6.21. The lowest BCUT2D eigenvalue weighted by atomic mass is 10.2. The predicted molar refractivity (Wildman–Crippen MR) is 141 cm³/mol. The van der Waals surface area contributed by atoms with Crippen molar-refractivity contribution in [2.45, 2.75) is 32.7 Å². The Balaban J connectivity index is 1.22. The summed E-state index contributed by atoms with van der Waals surface area (Å²) < 4.78 is 27.8. The van der Waals surface area contributed by atoms with Crippen LogP contribution in [-0.4, -0.2) is 66.8 Å².